The van der Waals surface area contributed by atoms with Gasteiger partial charge >= 0.3 is 0 Å². The van der Waals surface area contributed by atoms with Gasteiger partial charge in [-0.05, 0) is 37.3 Å². The van der Waals surface area contributed by atoms with Gasteiger partial charge in [0.2, 0.25) is 5.91 Å². The summed E-state index contributed by atoms with van der Waals surface area (Å²) >= 11 is 1.86. The average Bonchev–Trinajstić information content (AvgIpc) is 2.62. The highest BCUT2D eigenvalue weighted by Gasteiger charge is 2.12. The number of guanidine groups is 1. The molecule has 142 valence electrons. The van der Waals surface area contributed by atoms with Crippen molar-refractivity contribution in [1.82, 2.24) is 15.5 Å². The number of aliphatic imine (C=N–C) groups is 1. The first-order chi connectivity index (χ1) is 11.7. The lowest BCUT2D eigenvalue weighted by Crippen LogP contribution is -2.44. The molecule has 0 bridgehead atoms. The van der Waals surface area contributed by atoms with Gasteiger partial charge in [-0.3, -0.25) is 9.79 Å². The maximum Gasteiger partial charge on any atom is 0.242 e. The maximum absolute atomic E-state index is 12.4. The van der Waals surface area contributed by atoms with Crippen molar-refractivity contribution in [2.45, 2.75) is 26.3 Å². The van der Waals surface area contributed by atoms with E-state index in [2.05, 4.69) is 21.9 Å². The fraction of sp³-hybridized carbons (Fsp3) is 0.556. The molecular weight excluding hydrogens is 447 g/mol. The van der Waals surface area contributed by atoms with Crippen LogP contribution in [0.4, 0.5) is 0 Å². The number of nitrogens with one attached hydrogen (secondary N) is 2. The first kappa shape index (κ1) is 24.0. The zero-order valence-corrected chi connectivity index (χ0v) is 18.6. The van der Waals surface area contributed by atoms with E-state index in [1.807, 2.05) is 53.9 Å². The van der Waals surface area contributed by atoms with Crippen LogP contribution in [0.1, 0.15) is 25.3 Å². The fourth-order valence-electron chi connectivity index (χ4n) is 2.25. The number of hydrogen-bond acceptors (Lipinski definition) is 3. The first-order valence-electron chi connectivity index (χ1n) is 8.46. The van der Waals surface area contributed by atoms with Crippen LogP contribution in [0.2, 0.25) is 0 Å². The van der Waals surface area contributed by atoms with Crippen molar-refractivity contribution >= 4 is 47.6 Å². The smallest absolute Gasteiger partial charge is 0.242 e. The Balaban J connectivity index is 0.00000576. The van der Waals surface area contributed by atoms with Crippen LogP contribution >= 0.6 is 35.7 Å². The second-order valence-electron chi connectivity index (χ2n) is 5.45. The fourth-order valence-corrected chi connectivity index (χ4v) is 2.74. The monoisotopic (exact) mass is 478 g/mol. The van der Waals surface area contributed by atoms with Crippen molar-refractivity contribution < 1.29 is 4.79 Å². The maximum atomic E-state index is 12.4. The Bertz CT molecular complexity index is 499. The Morgan fingerprint density at radius 1 is 1.20 bits per heavy atom. The van der Waals surface area contributed by atoms with Crippen LogP contribution in [-0.2, 0) is 11.3 Å². The minimum atomic E-state index is 0. The van der Waals surface area contributed by atoms with E-state index in [0.29, 0.717) is 19.0 Å². The Kier molecular flexibility index (Phi) is 14.7. The minimum absolute atomic E-state index is 0. The SMILES string of the molecule is CCN(Cc1ccccc1)C(=O)CNC(=NC)NCCCCSC.I. The highest BCUT2D eigenvalue weighted by molar-refractivity contribution is 14.0. The second-order valence-corrected chi connectivity index (χ2v) is 6.43. The van der Waals surface area contributed by atoms with Crippen molar-refractivity contribution in [3.8, 4) is 0 Å². The summed E-state index contributed by atoms with van der Waals surface area (Å²) < 4.78 is 0. The zero-order valence-electron chi connectivity index (χ0n) is 15.5. The lowest BCUT2D eigenvalue weighted by molar-refractivity contribution is -0.130. The molecule has 0 unspecified atom stereocenters. The minimum Gasteiger partial charge on any atom is -0.356 e. The second kappa shape index (κ2) is 15.3. The number of hydrogen-bond donors (Lipinski definition) is 2. The van der Waals surface area contributed by atoms with Crippen LogP contribution in [-0.4, -0.2) is 55.5 Å². The normalized spacial score (nSPS) is 10.8. The number of rotatable bonds is 10. The highest BCUT2D eigenvalue weighted by Crippen LogP contribution is 2.04. The van der Waals surface area contributed by atoms with Gasteiger partial charge in [0.25, 0.3) is 0 Å². The van der Waals surface area contributed by atoms with Crippen molar-refractivity contribution in [2.24, 2.45) is 4.99 Å². The van der Waals surface area contributed by atoms with Crippen molar-refractivity contribution in [3.05, 3.63) is 35.9 Å². The van der Waals surface area contributed by atoms with Crippen LogP contribution in [0.25, 0.3) is 0 Å². The number of halogens is 1. The lowest BCUT2D eigenvalue weighted by Gasteiger charge is -2.22. The van der Waals surface area contributed by atoms with Gasteiger partial charge in [-0.25, -0.2) is 0 Å². The van der Waals surface area contributed by atoms with E-state index >= 15 is 0 Å². The number of thioether (sulfide) groups is 1. The number of nitrogens with zero attached hydrogens (tertiary/aromatic N) is 2. The van der Waals surface area contributed by atoms with Crippen molar-refractivity contribution in [3.63, 3.8) is 0 Å². The molecule has 0 aromatic heterocycles. The Morgan fingerprint density at radius 2 is 1.92 bits per heavy atom. The van der Waals surface area contributed by atoms with Crippen LogP contribution in [0.5, 0.6) is 0 Å². The topological polar surface area (TPSA) is 56.7 Å². The molecule has 5 nitrogen and oxygen atoms in total. The van der Waals surface area contributed by atoms with Gasteiger partial charge < -0.3 is 15.5 Å². The molecule has 2 N–H and O–H groups in total. The van der Waals surface area contributed by atoms with Gasteiger partial charge in [0.05, 0.1) is 6.54 Å². The molecular formula is C18H31IN4OS. The molecule has 0 aliphatic rings. The number of carbonyl (C=O) groups excluding carboxylic acids is 1. The van der Waals surface area contributed by atoms with Gasteiger partial charge in [-0.2, -0.15) is 11.8 Å². The molecule has 0 aliphatic heterocycles. The predicted molar refractivity (Wildman–Crippen MR) is 120 cm³/mol. The quantitative estimate of drug-likeness (QED) is 0.235. The van der Waals surface area contributed by atoms with Gasteiger partial charge in [0.15, 0.2) is 5.96 Å². The molecule has 0 saturated heterocycles. The van der Waals surface area contributed by atoms with Gasteiger partial charge in [-0.15, -0.1) is 24.0 Å². The number of benzene rings is 1. The van der Waals surface area contributed by atoms with E-state index in [1.54, 1.807) is 7.05 Å². The summed E-state index contributed by atoms with van der Waals surface area (Å²) in [5.41, 5.74) is 1.14. The molecule has 1 aromatic carbocycles. The van der Waals surface area contributed by atoms with E-state index in [4.69, 9.17) is 0 Å². The molecule has 0 atom stereocenters. The van der Waals surface area contributed by atoms with Crippen molar-refractivity contribution in [2.75, 3.05) is 38.7 Å². The molecule has 0 saturated carbocycles. The van der Waals surface area contributed by atoms with E-state index < -0.39 is 0 Å². The molecule has 0 spiro atoms. The standard InChI is InChI=1S/C18H30N4OS.HI/c1-4-22(15-16-10-6-5-7-11-16)17(23)14-21-18(19-2)20-12-8-9-13-24-3;/h5-7,10-11H,4,8-9,12-15H2,1-3H3,(H2,19,20,21);1H. The molecule has 25 heavy (non-hydrogen) atoms. The van der Waals surface area contributed by atoms with Crippen LogP contribution in [0.3, 0.4) is 0 Å². The summed E-state index contributed by atoms with van der Waals surface area (Å²) in [5, 5.41) is 6.35. The molecule has 1 amide bonds. The van der Waals surface area contributed by atoms with E-state index in [0.717, 1.165) is 18.5 Å². The average molecular weight is 478 g/mol. The largest absolute Gasteiger partial charge is 0.356 e. The molecule has 7 heteroatoms. The molecule has 0 heterocycles. The molecule has 0 aliphatic carbocycles. The third-order valence-electron chi connectivity index (χ3n) is 3.65. The summed E-state index contributed by atoms with van der Waals surface area (Å²) in [4.78, 5) is 18.4. The Labute approximate surface area is 173 Å². The first-order valence-corrected chi connectivity index (χ1v) is 9.85. The highest BCUT2D eigenvalue weighted by atomic mass is 127. The third-order valence-corrected chi connectivity index (χ3v) is 4.35. The summed E-state index contributed by atoms with van der Waals surface area (Å²) in [6.45, 7) is 4.45. The van der Waals surface area contributed by atoms with E-state index in [-0.39, 0.29) is 36.4 Å². The summed E-state index contributed by atoms with van der Waals surface area (Å²) in [6, 6.07) is 10.1. The van der Waals surface area contributed by atoms with E-state index in [9.17, 15) is 4.79 Å². The van der Waals surface area contributed by atoms with Crippen LogP contribution < -0.4 is 10.6 Å². The van der Waals surface area contributed by atoms with E-state index in [1.165, 1.54) is 12.2 Å². The van der Waals surface area contributed by atoms with Crippen molar-refractivity contribution in [1.29, 1.82) is 0 Å². The molecule has 1 aromatic rings. The number of carbonyl (C=O) groups is 1. The zero-order chi connectivity index (χ0) is 17.6. The lowest BCUT2D eigenvalue weighted by atomic mass is 10.2. The molecule has 0 radical (unpaired) electrons. The molecule has 1 rings (SSSR count). The summed E-state index contributed by atoms with van der Waals surface area (Å²) in [5.74, 6) is 1.94. The van der Waals surface area contributed by atoms with Gasteiger partial charge in [-0.1, -0.05) is 30.3 Å². The predicted octanol–water partition coefficient (Wildman–Crippen LogP) is 2.96. The third kappa shape index (κ3) is 10.6. The Hall–Kier alpha value is -0.960. The van der Waals surface area contributed by atoms with Gasteiger partial charge in [0, 0.05) is 26.7 Å². The number of likely N-dealkylation sites (N-methyl/N-ethyl adjacent to an activating group) is 1. The van der Waals surface area contributed by atoms with Crippen LogP contribution in [0, 0.1) is 0 Å². The number of unbranched alkanes of at least 4 members (excludes halogenated alkanes) is 1. The van der Waals surface area contributed by atoms with Crippen LogP contribution in [0.15, 0.2) is 35.3 Å². The summed E-state index contributed by atoms with van der Waals surface area (Å²) in [6.07, 6.45) is 4.41. The molecule has 0 fully saturated rings. The Morgan fingerprint density at radius 3 is 2.52 bits per heavy atom. The number of amides is 1. The van der Waals surface area contributed by atoms with Gasteiger partial charge in [0.1, 0.15) is 0 Å². The summed E-state index contributed by atoms with van der Waals surface area (Å²) in [7, 11) is 1.73.